The van der Waals surface area contributed by atoms with Crippen molar-refractivity contribution in [1.29, 1.82) is 0 Å². The van der Waals surface area contributed by atoms with Crippen LogP contribution < -0.4 is 10.6 Å². The van der Waals surface area contributed by atoms with Crippen molar-refractivity contribution in [3.63, 3.8) is 0 Å². The summed E-state index contributed by atoms with van der Waals surface area (Å²) in [6.07, 6.45) is 1.55. The molecule has 2 N–H and O–H groups in total. The molecule has 4 nitrogen and oxygen atoms in total. The van der Waals surface area contributed by atoms with Gasteiger partial charge in [-0.1, -0.05) is 23.7 Å². The van der Waals surface area contributed by atoms with Gasteiger partial charge in [0.25, 0.3) is 5.91 Å². The number of pyridine rings is 1. The van der Waals surface area contributed by atoms with Crippen LogP contribution in [-0.4, -0.2) is 16.9 Å². The zero-order chi connectivity index (χ0) is 15.4. The smallest absolute Gasteiger partial charge is 0.257 e. The van der Waals surface area contributed by atoms with Crippen LogP contribution in [0.3, 0.4) is 0 Å². The van der Waals surface area contributed by atoms with Gasteiger partial charge in [-0.25, -0.2) is 4.98 Å². The number of carbonyl (C=O) groups is 1. The van der Waals surface area contributed by atoms with E-state index in [1.807, 2.05) is 39.0 Å². The maximum atomic E-state index is 12.4. The van der Waals surface area contributed by atoms with Crippen molar-refractivity contribution in [2.45, 2.75) is 26.8 Å². The fraction of sp³-hybridized carbons (Fsp3) is 0.250. The number of rotatable bonds is 4. The lowest BCUT2D eigenvalue weighted by molar-refractivity contribution is 0.102. The Morgan fingerprint density at radius 3 is 2.67 bits per heavy atom. The van der Waals surface area contributed by atoms with Gasteiger partial charge in [0, 0.05) is 11.7 Å². The lowest BCUT2D eigenvalue weighted by Gasteiger charge is -2.14. The van der Waals surface area contributed by atoms with Crippen LogP contribution >= 0.6 is 11.6 Å². The molecule has 0 radical (unpaired) electrons. The van der Waals surface area contributed by atoms with Crippen molar-refractivity contribution in [2.75, 3.05) is 10.6 Å². The first-order chi connectivity index (χ1) is 9.97. The first kappa shape index (κ1) is 15.3. The predicted molar refractivity (Wildman–Crippen MR) is 87.1 cm³/mol. The van der Waals surface area contributed by atoms with Crippen LogP contribution in [0.1, 0.15) is 29.8 Å². The Bertz CT molecular complexity index is 656. The number of nitrogens with zero attached hydrogens (tertiary/aromatic N) is 1. The van der Waals surface area contributed by atoms with Crippen LogP contribution in [0.15, 0.2) is 36.5 Å². The third-order valence-corrected chi connectivity index (χ3v) is 3.28. The highest BCUT2D eigenvalue weighted by molar-refractivity contribution is 6.30. The number of nitrogens with one attached hydrogen (secondary N) is 2. The zero-order valence-electron chi connectivity index (χ0n) is 12.3. The topological polar surface area (TPSA) is 54.0 Å². The van der Waals surface area contributed by atoms with Gasteiger partial charge in [0.1, 0.15) is 5.15 Å². The number of amides is 1. The Balaban J connectivity index is 2.22. The van der Waals surface area contributed by atoms with E-state index in [4.69, 9.17) is 11.6 Å². The fourth-order valence-corrected chi connectivity index (χ4v) is 2.05. The van der Waals surface area contributed by atoms with Crippen molar-refractivity contribution < 1.29 is 4.79 Å². The maximum absolute atomic E-state index is 12.4. The average molecular weight is 304 g/mol. The molecule has 0 saturated heterocycles. The van der Waals surface area contributed by atoms with Crippen molar-refractivity contribution in [3.05, 3.63) is 52.8 Å². The number of anilines is 2. The molecule has 1 aromatic heterocycles. The molecule has 0 aliphatic carbocycles. The SMILES string of the molecule is Cc1cc(NC(=O)c2ccccc2NC(C)C)cnc1Cl. The van der Waals surface area contributed by atoms with E-state index < -0.39 is 0 Å². The standard InChI is InChI=1S/C16H18ClN3O/c1-10(2)19-14-7-5-4-6-13(14)16(21)20-12-8-11(3)15(17)18-9-12/h4-10,19H,1-3H3,(H,20,21). The van der Waals surface area contributed by atoms with Crippen LogP contribution in [0.5, 0.6) is 0 Å². The maximum Gasteiger partial charge on any atom is 0.257 e. The van der Waals surface area contributed by atoms with Crippen molar-refractivity contribution in [2.24, 2.45) is 0 Å². The normalized spacial score (nSPS) is 10.5. The predicted octanol–water partition coefficient (Wildman–Crippen LogP) is 4.12. The Hall–Kier alpha value is -2.07. The summed E-state index contributed by atoms with van der Waals surface area (Å²) in [5.41, 5.74) is 2.85. The van der Waals surface area contributed by atoms with Gasteiger partial charge in [-0.05, 0) is 44.5 Å². The molecule has 0 fully saturated rings. The molecule has 0 aliphatic rings. The molecular weight excluding hydrogens is 286 g/mol. The van der Waals surface area contributed by atoms with Gasteiger partial charge in [-0.3, -0.25) is 4.79 Å². The molecule has 0 atom stereocenters. The highest BCUT2D eigenvalue weighted by Crippen LogP contribution is 2.20. The molecule has 0 saturated carbocycles. The van der Waals surface area contributed by atoms with E-state index in [0.717, 1.165) is 11.3 Å². The molecule has 1 amide bonds. The second-order valence-corrected chi connectivity index (χ2v) is 5.49. The highest BCUT2D eigenvalue weighted by atomic mass is 35.5. The van der Waals surface area contributed by atoms with Crippen molar-refractivity contribution in [3.8, 4) is 0 Å². The molecule has 0 bridgehead atoms. The number of aromatic nitrogens is 1. The second-order valence-electron chi connectivity index (χ2n) is 5.13. The van der Waals surface area contributed by atoms with E-state index in [1.54, 1.807) is 18.3 Å². The number of hydrogen-bond donors (Lipinski definition) is 2. The first-order valence-corrected chi connectivity index (χ1v) is 7.14. The van der Waals surface area contributed by atoms with E-state index in [-0.39, 0.29) is 11.9 Å². The van der Waals surface area contributed by atoms with Crippen molar-refractivity contribution in [1.82, 2.24) is 4.98 Å². The van der Waals surface area contributed by atoms with Crippen molar-refractivity contribution >= 4 is 28.9 Å². The summed E-state index contributed by atoms with van der Waals surface area (Å²) >= 11 is 5.88. The number of benzene rings is 1. The number of para-hydroxylation sites is 1. The van der Waals surface area contributed by atoms with E-state index in [9.17, 15) is 4.79 Å². The van der Waals surface area contributed by atoms with Crippen LogP contribution in [0.2, 0.25) is 5.15 Å². The lowest BCUT2D eigenvalue weighted by atomic mass is 10.1. The minimum atomic E-state index is -0.178. The molecule has 5 heteroatoms. The van der Waals surface area contributed by atoms with E-state index in [2.05, 4.69) is 15.6 Å². The van der Waals surface area contributed by atoms with Gasteiger partial charge >= 0.3 is 0 Å². The summed E-state index contributed by atoms with van der Waals surface area (Å²) < 4.78 is 0. The van der Waals surface area contributed by atoms with Crippen LogP contribution in [-0.2, 0) is 0 Å². The number of halogens is 1. The first-order valence-electron chi connectivity index (χ1n) is 6.76. The Kier molecular flexibility index (Phi) is 4.81. The van der Waals surface area contributed by atoms with Crippen LogP contribution in [0.25, 0.3) is 0 Å². The van der Waals surface area contributed by atoms with Gasteiger partial charge in [0.05, 0.1) is 17.4 Å². The van der Waals surface area contributed by atoms with Gasteiger partial charge in [0.15, 0.2) is 0 Å². The zero-order valence-corrected chi connectivity index (χ0v) is 13.0. The van der Waals surface area contributed by atoms with E-state index in [1.165, 1.54) is 0 Å². The Labute approximate surface area is 129 Å². The molecule has 2 aromatic rings. The third kappa shape index (κ3) is 3.95. The summed E-state index contributed by atoms with van der Waals surface area (Å²) in [5.74, 6) is -0.178. The fourth-order valence-electron chi connectivity index (χ4n) is 1.94. The second kappa shape index (κ2) is 6.59. The monoisotopic (exact) mass is 303 g/mol. The Morgan fingerprint density at radius 1 is 1.29 bits per heavy atom. The summed E-state index contributed by atoms with van der Waals surface area (Å²) in [6.45, 7) is 5.90. The number of carbonyl (C=O) groups excluding carboxylic acids is 1. The van der Waals surface area contributed by atoms with Gasteiger partial charge in [-0.15, -0.1) is 0 Å². The van der Waals surface area contributed by atoms with E-state index in [0.29, 0.717) is 16.4 Å². The van der Waals surface area contributed by atoms with E-state index >= 15 is 0 Å². The molecule has 0 spiro atoms. The Morgan fingerprint density at radius 2 is 2.00 bits per heavy atom. The third-order valence-electron chi connectivity index (χ3n) is 2.89. The van der Waals surface area contributed by atoms with Crippen LogP contribution in [0, 0.1) is 6.92 Å². The summed E-state index contributed by atoms with van der Waals surface area (Å²) in [7, 11) is 0. The summed E-state index contributed by atoms with van der Waals surface area (Å²) in [5, 5.41) is 6.54. The summed E-state index contributed by atoms with van der Waals surface area (Å²) in [4.78, 5) is 16.4. The molecule has 110 valence electrons. The minimum absolute atomic E-state index is 0.178. The highest BCUT2D eigenvalue weighted by Gasteiger charge is 2.12. The molecule has 0 aliphatic heterocycles. The van der Waals surface area contributed by atoms with Gasteiger partial charge < -0.3 is 10.6 Å². The molecular formula is C16H18ClN3O. The largest absolute Gasteiger partial charge is 0.382 e. The average Bonchev–Trinajstić information content (AvgIpc) is 2.43. The number of aryl methyl sites for hydroxylation is 1. The summed E-state index contributed by atoms with van der Waals surface area (Å²) in [6, 6.07) is 9.46. The molecule has 0 unspecified atom stereocenters. The number of hydrogen-bond acceptors (Lipinski definition) is 3. The molecule has 1 aromatic carbocycles. The quantitative estimate of drug-likeness (QED) is 0.836. The van der Waals surface area contributed by atoms with Crippen LogP contribution in [0.4, 0.5) is 11.4 Å². The van der Waals surface area contributed by atoms with Gasteiger partial charge in [0.2, 0.25) is 0 Å². The molecule has 1 heterocycles. The lowest BCUT2D eigenvalue weighted by Crippen LogP contribution is -2.17. The molecule has 21 heavy (non-hydrogen) atoms. The molecule has 2 rings (SSSR count). The van der Waals surface area contributed by atoms with Gasteiger partial charge in [-0.2, -0.15) is 0 Å². The minimum Gasteiger partial charge on any atom is -0.382 e.